The van der Waals surface area contributed by atoms with Gasteiger partial charge in [0.1, 0.15) is 0 Å². The average molecular weight is 441 g/mol. The number of nitrogens with zero attached hydrogens (tertiary/aromatic N) is 1. The second-order valence-corrected chi connectivity index (χ2v) is 5.20. The fourth-order valence-electron chi connectivity index (χ4n) is 2.35. The van der Waals surface area contributed by atoms with Gasteiger partial charge in [-0.15, -0.1) is 0 Å². The van der Waals surface area contributed by atoms with Crippen LogP contribution < -0.4 is 0 Å². The van der Waals surface area contributed by atoms with Crippen molar-refractivity contribution < 1.29 is 9.94 Å². The monoisotopic (exact) mass is 441 g/mol. The Morgan fingerprint density at radius 1 is 1.13 bits per heavy atom. The molecule has 0 radical (unpaired) electrons. The van der Waals surface area contributed by atoms with E-state index in [1.165, 1.54) is 5.06 Å². The minimum atomic E-state index is -0.192. The van der Waals surface area contributed by atoms with Crippen LogP contribution in [-0.4, -0.2) is 34.6 Å². The Hall–Kier alpha value is 1.34. The first kappa shape index (κ1) is 16.3. The highest BCUT2D eigenvalue weighted by atomic mass is 128. The van der Waals surface area contributed by atoms with E-state index in [9.17, 15) is 5.21 Å². The van der Waals surface area contributed by atoms with Gasteiger partial charge < -0.3 is 9.94 Å². The molecule has 5 heteroatoms. The normalized spacial score (nSPS) is 25.6. The SMILES string of the molecule is COC1CC(C)(C)N(O)C(C)(C)C1.II. The summed E-state index contributed by atoms with van der Waals surface area (Å²) in [5.74, 6) is 0. The molecule has 1 fully saturated rings. The van der Waals surface area contributed by atoms with Crippen molar-refractivity contribution in [1.29, 1.82) is 0 Å². The first-order chi connectivity index (χ1) is 6.79. The molecule has 3 nitrogen and oxygen atoms in total. The fourth-order valence-corrected chi connectivity index (χ4v) is 2.35. The van der Waals surface area contributed by atoms with Crippen LogP contribution in [0.2, 0.25) is 0 Å². The first-order valence-electron chi connectivity index (χ1n) is 4.96. The van der Waals surface area contributed by atoms with Gasteiger partial charge in [0, 0.05) is 55.4 Å². The van der Waals surface area contributed by atoms with Crippen LogP contribution in [0.25, 0.3) is 0 Å². The zero-order valence-corrected chi connectivity index (χ0v) is 14.4. The topological polar surface area (TPSA) is 32.7 Å². The van der Waals surface area contributed by atoms with E-state index in [1.54, 1.807) is 7.11 Å². The minimum Gasteiger partial charge on any atom is -0.381 e. The summed E-state index contributed by atoms with van der Waals surface area (Å²) in [6.45, 7) is 8.17. The van der Waals surface area contributed by atoms with Crippen molar-refractivity contribution in [3.05, 3.63) is 0 Å². The zero-order chi connectivity index (χ0) is 12.3. The second kappa shape index (κ2) is 6.32. The van der Waals surface area contributed by atoms with Crippen molar-refractivity contribution in [2.45, 2.75) is 57.7 Å². The Balaban J connectivity index is 0.000000921. The van der Waals surface area contributed by atoms with Crippen LogP contribution in [0.15, 0.2) is 0 Å². The highest BCUT2D eigenvalue weighted by Crippen LogP contribution is 2.37. The highest BCUT2D eigenvalue weighted by molar-refractivity contribution is 15.0. The van der Waals surface area contributed by atoms with Crippen molar-refractivity contribution in [1.82, 2.24) is 5.06 Å². The number of methoxy groups -OCH3 is 1. The molecule has 0 saturated carbocycles. The van der Waals surface area contributed by atoms with Gasteiger partial charge in [0.05, 0.1) is 6.10 Å². The quantitative estimate of drug-likeness (QED) is 0.629. The summed E-state index contributed by atoms with van der Waals surface area (Å²) in [6.07, 6.45) is 2.01. The van der Waals surface area contributed by atoms with Gasteiger partial charge in [0.2, 0.25) is 0 Å². The molecule has 0 aromatic carbocycles. The standard InChI is InChI=1S/C10H21NO2.I2/c1-9(2)6-8(13-5)7-10(3,4)11(9)12;1-2/h8,12H,6-7H2,1-5H3;. The van der Waals surface area contributed by atoms with E-state index in [-0.39, 0.29) is 17.2 Å². The summed E-state index contributed by atoms with van der Waals surface area (Å²) in [7, 11) is 1.74. The van der Waals surface area contributed by atoms with Crippen molar-refractivity contribution in [3.8, 4) is 0 Å². The summed E-state index contributed by atoms with van der Waals surface area (Å²) in [6, 6.07) is 0. The lowest BCUT2D eigenvalue weighted by Gasteiger charge is -2.51. The third kappa shape index (κ3) is 4.25. The Kier molecular flexibility index (Phi) is 6.89. The molecule has 0 atom stereocenters. The maximum atomic E-state index is 9.96. The van der Waals surface area contributed by atoms with Gasteiger partial charge in [0.15, 0.2) is 0 Å². The molecule has 0 aliphatic carbocycles. The van der Waals surface area contributed by atoms with Crippen LogP contribution in [0, 0.1) is 0 Å². The molecule has 15 heavy (non-hydrogen) atoms. The molecule has 1 rings (SSSR count). The van der Waals surface area contributed by atoms with Crippen LogP contribution in [0.3, 0.4) is 0 Å². The van der Waals surface area contributed by atoms with Crippen LogP contribution in [-0.2, 0) is 4.74 Å². The number of hydroxylamine groups is 2. The van der Waals surface area contributed by atoms with Crippen LogP contribution in [0.4, 0.5) is 0 Å². The number of hydrogen-bond acceptors (Lipinski definition) is 3. The molecule has 1 aliphatic rings. The van der Waals surface area contributed by atoms with E-state index >= 15 is 0 Å². The van der Waals surface area contributed by atoms with E-state index in [2.05, 4.69) is 37.2 Å². The summed E-state index contributed by atoms with van der Waals surface area (Å²) in [5.41, 5.74) is -0.384. The van der Waals surface area contributed by atoms with Gasteiger partial charge in [-0.2, -0.15) is 5.06 Å². The molecular weight excluding hydrogens is 420 g/mol. The molecule has 0 aromatic rings. The third-order valence-electron chi connectivity index (χ3n) is 2.93. The number of piperidine rings is 1. The van der Waals surface area contributed by atoms with E-state index in [0.717, 1.165) is 12.8 Å². The van der Waals surface area contributed by atoms with Crippen LogP contribution >= 0.6 is 37.2 Å². The Morgan fingerprint density at radius 2 is 1.47 bits per heavy atom. The predicted molar refractivity (Wildman–Crippen MR) is 79.9 cm³/mol. The fraction of sp³-hybridized carbons (Fsp3) is 1.00. The second-order valence-electron chi connectivity index (χ2n) is 5.20. The van der Waals surface area contributed by atoms with Crippen molar-refractivity contribution in [2.75, 3.05) is 7.11 Å². The molecule has 0 bridgehead atoms. The van der Waals surface area contributed by atoms with Gasteiger partial charge in [-0.1, -0.05) is 0 Å². The molecule has 1 saturated heterocycles. The highest BCUT2D eigenvalue weighted by Gasteiger charge is 2.45. The first-order valence-corrected chi connectivity index (χ1v) is 11.2. The summed E-state index contributed by atoms with van der Waals surface area (Å²) in [4.78, 5) is 0. The third-order valence-corrected chi connectivity index (χ3v) is 2.93. The van der Waals surface area contributed by atoms with E-state index < -0.39 is 0 Å². The number of halogens is 2. The van der Waals surface area contributed by atoms with Gasteiger partial charge in [-0.25, -0.2) is 0 Å². The molecule has 0 spiro atoms. The maximum absolute atomic E-state index is 9.96. The van der Waals surface area contributed by atoms with Gasteiger partial charge in [0.25, 0.3) is 0 Å². The Labute approximate surface area is 116 Å². The lowest BCUT2D eigenvalue weighted by atomic mass is 9.80. The molecule has 0 aromatic heterocycles. The van der Waals surface area contributed by atoms with E-state index in [4.69, 9.17) is 4.74 Å². The Bertz CT molecular complexity index is 180. The molecular formula is C10H21I2NO2. The summed E-state index contributed by atoms with van der Waals surface area (Å²) in [5, 5.41) is 11.4. The van der Waals surface area contributed by atoms with Gasteiger partial charge in [-0.05, 0) is 40.5 Å². The van der Waals surface area contributed by atoms with Crippen molar-refractivity contribution >= 4 is 37.2 Å². The number of rotatable bonds is 1. The van der Waals surface area contributed by atoms with Gasteiger partial charge >= 0.3 is 0 Å². The van der Waals surface area contributed by atoms with Gasteiger partial charge in [-0.3, -0.25) is 0 Å². The Morgan fingerprint density at radius 3 is 1.73 bits per heavy atom. The van der Waals surface area contributed by atoms with Crippen molar-refractivity contribution in [3.63, 3.8) is 0 Å². The van der Waals surface area contributed by atoms with E-state index in [0.29, 0.717) is 0 Å². The molecule has 0 unspecified atom stereocenters. The zero-order valence-electron chi connectivity index (χ0n) is 10.1. The largest absolute Gasteiger partial charge is 0.381 e. The molecule has 1 heterocycles. The summed E-state index contributed by atoms with van der Waals surface area (Å²) >= 11 is 4.24. The maximum Gasteiger partial charge on any atom is 0.0608 e. The minimum absolute atomic E-state index is 0.192. The van der Waals surface area contributed by atoms with Crippen LogP contribution in [0.1, 0.15) is 40.5 Å². The molecule has 1 N–H and O–H groups in total. The predicted octanol–water partition coefficient (Wildman–Crippen LogP) is 3.82. The number of ether oxygens (including phenoxy) is 1. The molecule has 1 aliphatic heterocycles. The van der Waals surface area contributed by atoms with Crippen LogP contribution in [0.5, 0.6) is 0 Å². The average Bonchev–Trinajstić information content (AvgIpc) is 2.16. The molecule has 0 amide bonds. The lowest BCUT2D eigenvalue weighted by molar-refractivity contribution is -0.259. The smallest absolute Gasteiger partial charge is 0.0608 e. The van der Waals surface area contributed by atoms with E-state index in [1.807, 2.05) is 27.7 Å². The van der Waals surface area contributed by atoms with Crippen molar-refractivity contribution in [2.24, 2.45) is 0 Å². The summed E-state index contributed by atoms with van der Waals surface area (Å²) < 4.78 is 5.37. The molecule has 92 valence electrons. The number of hydrogen-bond donors (Lipinski definition) is 1. The lowest BCUT2D eigenvalue weighted by Crippen LogP contribution is -2.60.